The lowest BCUT2D eigenvalue weighted by atomic mass is 10.1. The van der Waals surface area contributed by atoms with Crippen LogP contribution in [0.4, 0.5) is 0 Å². The lowest BCUT2D eigenvalue weighted by molar-refractivity contribution is 0.0693. The number of rotatable bonds is 2. The van der Waals surface area contributed by atoms with Crippen LogP contribution in [0.15, 0.2) is 30.6 Å². The highest BCUT2D eigenvalue weighted by molar-refractivity contribution is 5.94. The lowest BCUT2D eigenvalue weighted by Gasteiger charge is -2.06. The Hall–Kier alpha value is -2.37. The lowest BCUT2D eigenvalue weighted by Crippen LogP contribution is -2.06. The van der Waals surface area contributed by atoms with Crippen molar-refractivity contribution < 1.29 is 15.0 Å². The predicted octanol–water partition coefficient (Wildman–Crippen LogP) is 0.671. The Bertz CT molecular complexity index is 493. The van der Waals surface area contributed by atoms with Gasteiger partial charge in [-0.1, -0.05) is 11.3 Å². The van der Waals surface area contributed by atoms with Crippen LogP contribution >= 0.6 is 0 Å². The zero-order valence-corrected chi connectivity index (χ0v) is 7.53. The normalized spacial score (nSPS) is 10.1. The number of nitrogens with zero attached hydrogens (tertiary/aromatic N) is 3. The minimum atomic E-state index is -1.21. The summed E-state index contributed by atoms with van der Waals surface area (Å²) in [6.07, 6.45) is 2.93. The van der Waals surface area contributed by atoms with Crippen LogP contribution in [-0.2, 0) is 0 Å². The number of carbonyl (C=O) groups is 1. The van der Waals surface area contributed by atoms with E-state index in [9.17, 15) is 9.90 Å². The van der Waals surface area contributed by atoms with E-state index >= 15 is 0 Å². The van der Waals surface area contributed by atoms with Gasteiger partial charge in [0.05, 0.1) is 18.1 Å². The Morgan fingerprint density at radius 2 is 2.20 bits per heavy atom. The summed E-state index contributed by atoms with van der Waals surface area (Å²) in [5.74, 6) is -1.51. The maximum atomic E-state index is 10.9. The summed E-state index contributed by atoms with van der Waals surface area (Å²) in [6.45, 7) is 0. The van der Waals surface area contributed by atoms with E-state index in [4.69, 9.17) is 5.11 Å². The predicted molar refractivity (Wildman–Crippen MR) is 50.0 cm³/mol. The second-order valence-corrected chi connectivity index (χ2v) is 2.82. The molecule has 0 radical (unpaired) electrons. The monoisotopic (exact) mass is 205 g/mol. The first-order chi connectivity index (χ1) is 7.20. The number of carboxylic acids is 1. The third-order valence-corrected chi connectivity index (χ3v) is 1.90. The van der Waals surface area contributed by atoms with Gasteiger partial charge in [0.25, 0.3) is 0 Å². The summed E-state index contributed by atoms with van der Waals surface area (Å²) < 4.78 is 1.28. The molecule has 1 aromatic heterocycles. The summed E-state index contributed by atoms with van der Waals surface area (Å²) in [5, 5.41) is 25.6. The Labute approximate surface area is 84.4 Å². The van der Waals surface area contributed by atoms with Crippen molar-refractivity contribution in [1.82, 2.24) is 15.0 Å². The van der Waals surface area contributed by atoms with Crippen LogP contribution in [0.2, 0.25) is 0 Å². The Kier molecular flexibility index (Phi) is 2.09. The number of benzene rings is 1. The minimum absolute atomic E-state index is 0.192. The third-order valence-electron chi connectivity index (χ3n) is 1.90. The molecule has 15 heavy (non-hydrogen) atoms. The summed E-state index contributed by atoms with van der Waals surface area (Å²) in [4.78, 5) is 10.9. The molecule has 6 heteroatoms. The molecule has 6 nitrogen and oxygen atoms in total. The van der Waals surface area contributed by atoms with Crippen molar-refractivity contribution in [2.45, 2.75) is 0 Å². The molecule has 2 N–H and O–H groups in total. The highest BCUT2D eigenvalue weighted by Crippen LogP contribution is 2.23. The summed E-state index contributed by atoms with van der Waals surface area (Å²) in [5.41, 5.74) is 0.0861. The van der Waals surface area contributed by atoms with Crippen molar-refractivity contribution in [2.75, 3.05) is 0 Å². The summed E-state index contributed by atoms with van der Waals surface area (Å²) >= 11 is 0. The Morgan fingerprint density at radius 1 is 1.40 bits per heavy atom. The largest absolute Gasteiger partial charge is 0.507 e. The quantitative estimate of drug-likeness (QED) is 0.752. The van der Waals surface area contributed by atoms with Crippen LogP contribution in [0.5, 0.6) is 5.75 Å². The SMILES string of the molecule is O=C(O)c1c(O)cccc1-n1ccnn1. The van der Waals surface area contributed by atoms with E-state index in [2.05, 4.69) is 10.3 Å². The van der Waals surface area contributed by atoms with Crippen molar-refractivity contribution in [3.8, 4) is 11.4 Å². The van der Waals surface area contributed by atoms with Crippen molar-refractivity contribution in [3.63, 3.8) is 0 Å². The molecule has 1 heterocycles. The highest BCUT2D eigenvalue weighted by atomic mass is 16.4. The first-order valence-electron chi connectivity index (χ1n) is 4.12. The molecular formula is C9H7N3O3. The summed E-state index contributed by atoms with van der Waals surface area (Å²) in [7, 11) is 0. The van der Waals surface area contributed by atoms with E-state index in [0.29, 0.717) is 0 Å². The number of hydrogen-bond acceptors (Lipinski definition) is 4. The average Bonchev–Trinajstić information content (AvgIpc) is 2.69. The van der Waals surface area contributed by atoms with Gasteiger partial charge in [0.15, 0.2) is 0 Å². The summed E-state index contributed by atoms with van der Waals surface area (Å²) in [6, 6.07) is 4.39. The molecule has 0 aliphatic carbocycles. The topological polar surface area (TPSA) is 88.2 Å². The average molecular weight is 205 g/mol. The fraction of sp³-hybridized carbons (Fsp3) is 0. The molecule has 0 saturated carbocycles. The number of phenols is 1. The van der Waals surface area contributed by atoms with Gasteiger partial charge in [0.1, 0.15) is 11.3 Å². The number of hydrogen-bond donors (Lipinski definition) is 2. The zero-order valence-electron chi connectivity index (χ0n) is 7.53. The molecular weight excluding hydrogens is 198 g/mol. The van der Waals surface area contributed by atoms with Crippen LogP contribution in [0, 0.1) is 0 Å². The van der Waals surface area contributed by atoms with E-state index in [1.54, 1.807) is 6.07 Å². The molecule has 0 aliphatic rings. The number of aromatic nitrogens is 3. The zero-order chi connectivity index (χ0) is 10.8. The van der Waals surface area contributed by atoms with E-state index in [1.807, 2.05) is 0 Å². The van der Waals surface area contributed by atoms with Crippen molar-refractivity contribution in [3.05, 3.63) is 36.2 Å². The first-order valence-corrected chi connectivity index (χ1v) is 4.12. The molecule has 0 unspecified atom stereocenters. The van der Waals surface area contributed by atoms with Crippen LogP contribution in [-0.4, -0.2) is 31.2 Å². The molecule has 1 aromatic carbocycles. The van der Waals surface area contributed by atoms with Gasteiger partial charge in [-0.2, -0.15) is 0 Å². The van der Waals surface area contributed by atoms with Gasteiger partial charge < -0.3 is 10.2 Å². The van der Waals surface area contributed by atoms with Crippen molar-refractivity contribution in [1.29, 1.82) is 0 Å². The maximum absolute atomic E-state index is 10.9. The fourth-order valence-electron chi connectivity index (χ4n) is 1.28. The highest BCUT2D eigenvalue weighted by Gasteiger charge is 2.16. The molecule has 2 aromatic rings. The van der Waals surface area contributed by atoms with Crippen LogP contribution in [0.1, 0.15) is 10.4 Å². The van der Waals surface area contributed by atoms with E-state index in [-0.39, 0.29) is 17.0 Å². The van der Waals surface area contributed by atoms with Gasteiger partial charge in [-0.3, -0.25) is 0 Å². The third kappa shape index (κ3) is 1.52. The molecule has 0 fully saturated rings. The minimum Gasteiger partial charge on any atom is -0.507 e. The fourth-order valence-corrected chi connectivity index (χ4v) is 1.28. The standard InChI is InChI=1S/C9H7N3O3/c13-7-3-1-2-6(8(7)9(14)15)12-5-4-10-11-12/h1-5,13H,(H,14,15). The molecule has 0 saturated heterocycles. The van der Waals surface area contributed by atoms with Gasteiger partial charge in [0, 0.05) is 0 Å². The van der Waals surface area contributed by atoms with E-state index in [1.165, 1.54) is 29.2 Å². The van der Waals surface area contributed by atoms with Crippen molar-refractivity contribution >= 4 is 5.97 Å². The van der Waals surface area contributed by atoms with Crippen LogP contribution in [0.3, 0.4) is 0 Å². The molecule has 2 rings (SSSR count). The first kappa shape index (κ1) is 9.20. The van der Waals surface area contributed by atoms with E-state index in [0.717, 1.165) is 0 Å². The number of aromatic carboxylic acids is 1. The van der Waals surface area contributed by atoms with Gasteiger partial charge in [0.2, 0.25) is 0 Å². The molecule has 0 bridgehead atoms. The van der Waals surface area contributed by atoms with Gasteiger partial charge in [-0.15, -0.1) is 5.10 Å². The van der Waals surface area contributed by atoms with Crippen LogP contribution < -0.4 is 0 Å². The van der Waals surface area contributed by atoms with Gasteiger partial charge in [-0.25, -0.2) is 9.48 Å². The molecule has 0 spiro atoms. The smallest absolute Gasteiger partial charge is 0.341 e. The van der Waals surface area contributed by atoms with Gasteiger partial charge >= 0.3 is 5.97 Å². The molecule has 0 atom stereocenters. The molecule has 0 amide bonds. The molecule has 76 valence electrons. The number of carboxylic acid groups (broad SMARTS) is 1. The number of aromatic hydroxyl groups is 1. The Morgan fingerprint density at radius 3 is 2.80 bits per heavy atom. The van der Waals surface area contributed by atoms with Gasteiger partial charge in [-0.05, 0) is 12.1 Å². The van der Waals surface area contributed by atoms with Crippen LogP contribution in [0.25, 0.3) is 5.69 Å². The maximum Gasteiger partial charge on any atom is 0.341 e. The van der Waals surface area contributed by atoms with Crippen molar-refractivity contribution in [2.24, 2.45) is 0 Å². The Balaban J connectivity index is 2.66. The second kappa shape index (κ2) is 3.41. The van der Waals surface area contributed by atoms with E-state index < -0.39 is 5.97 Å². The molecule has 0 aliphatic heterocycles. The second-order valence-electron chi connectivity index (χ2n) is 2.82.